The van der Waals surface area contributed by atoms with Gasteiger partial charge in [0.2, 0.25) is 0 Å². The van der Waals surface area contributed by atoms with Crippen LogP contribution in [-0.4, -0.2) is 28.1 Å². The van der Waals surface area contributed by atoms with E-state index in [4.69, 9.17) is 4.74 Å². The molecule has 0 aliphatic heterocycles. The van der Waals surface area contributed by atoms with Crippen LogP contribution in [0.2, 0.25) is 0 Å². The summed E-state index contributed by atoms with van der Waals surface area (Å²) in [6.45, 7) is 0. The van der Waals surface area contributed by atoms with Crippen LogP contribution in [0.4, 0.5) is 5.82 Å². The number of ether oxygens (including phenoxy) is 1. The van der Waals surface area contributed by atoms with Crippen LogP contribution in [0.25, 0.3) is 10.6 Å². The number of carbonyl (C=O) groups is 1. The monoisotopic (exact) mass is 327 g/mol. The first-order valence-corrected chi connectivity index (χ1v) is 7.60. The molecule has 2 aromatic heterocycles. The smallest absolute Gasteiger partial charge is 0.276 e. The Morgan fingerprint density at radius 2 is 2.04 bits per heavy atom. The number of rotatable bonds is 4. The Morgan fingerprint density at radius 3 is 2.74 bits per heavy atom. The van der Waals surface area contributed by atoms with Crippen molar-refractivity contribution in [3.8, 4) is 22.1 Å². The maximum Gasteiger partial charge on any atom is 0.276 e. The number of hydrogen-bond donors (Lipinski definition) is 2. The van der Waals surface area contributed by atoms with Gasteiger partial charge in [-0.2, -0.15) is 0 Å². The molecule has 3 rings (SSSR count). The van der Waals surface area contributed by atoms with Crippen molar-refractivity contribution in [2.75, 3.05) is 12.4 Å². The lowest BCUT2D eigenvalue weighted by atomic mass is 10.2. The van der Waals surface area contributed by atoms with Crippen molar-refractivity contribution in [3.05, 3.63) is 53.7 Å². The molecule has 0 unspecified atom stereocenters. The quantitative estimate of drug-likeness (QED) is 0.769. The normalized spacial score (nSPS) is 10.3. The van der Waals surface area contributed by atoms with Gasteiger partial charge in [-0.3, -0.25) is 4.79 Å². The average molecular weight is 327 g/mol. The van der Waals surface area contributed by atoms with E-state index in [1.807, 2.05) is 24.3 Å². The number of thiazole rings is 1. The summed E-state index contributed by atoms with van der Waals surface area (Å²) >= 11 is 1.36. The zero-order valence-electron chi connectivity index (χ0n) is 12.2. The summed E-state index contributed by atoms with van der Waals surface area (Å²) in [5, 5.41) is 14.6. The lowest BCUT2D eigenvalue weighted by molar-refractivity contribution is 0.102. The number of amides is 1. The number of aromatic nitrogens is 2. The summed E-state index contributed by atoms with van der Waals surface area (Å²) in [6, 6.07) is 10.5. The number of hydrogen-bond acceptors (Lipinski definition) is 6. The maximum atomic E-state index is 12.2. The van der Waals surface area contributed by atoms with Gasteiger partial charge in [-0.1, -0.05) is 0 Å². The molecule has 7 heteroatoms. The van der Waals surface area contributed by atoms with Gasteiger partial charge >= 0.3 is 0 Å². The second-order valence-corrected chi connectivity index (χ2v) is 5.45. The summed E-state index contributed by atoms with van der Waals surface area (Å²) in [7, 11) is 1.61. The van der Waals surface area contributed by atoms with E-state index < -0.39 is 5.91 Å². The largest absolute Gasteiger partial charge is 0.504 e. The minimum absolute atomic E-state index is 0.0912. The lowest BCUT2D eigenvalue weighted by Crippen LogP contribution is -2.13. The minimum atomic E-state index is -0.421. The molecule has 2 N–H and O–H groups in total. The predicted octanol–water partition coefficient (Wildman–Crippen LogP) is 3.17. The number of methoxy groups -OCH3 is 1. The van der Waals surface area contributed by atoms with Crippen LogP contribution in [0.15, 0.2) is 48.0 Å². The van der Waals surface area contributed by atoms with E-state index in [1.165, 1.54) is 23.6 Å². The van der Waals surface area contributed by atoms with Gasteiger partial charge in [-0.05, 0) is 36.4 Å². The maximum absolute atomic E-state index is 12.2. The number of anilines is 1. The highest BCUT2D eigenvalue weighted by Gasteiger charge is 2.14. The molecule has 0 saturated carbocycles. The average Bonchev–Trinajstić information content (AvgIpc) is 3.07. The van der Waals surface area contributed by atoms with Gasteiger partial charge in [0.05, 0.1) is 7.11 Å². The number of carbonyl (C=O) groups excluding carboxylic acids is 1. The fourth-order valence-electron chi connectivity index (χ4n) is 1.91. The number of nitrogens with zero attached hydrogens (tertiary/aromatic N) is 2. The van der Waals surface area contributed by atoms with Crippen molar-refractivity contribution >= 4 is 23.1 Å². The molecule has 0 aliphatic rings. The molecule has 0 saturated heterocycles. The van der Waals surface area contributed by atoms with Crippen molar-refractivity contribution in [3.63, 3.8) is 0 Å². The van der Waals surface area contributed by atoms with Crippen molar-refractivity contribution in [2.45, 2.75) is 0 Å². The van der Waals surface area contributed by atoms with E-state index in [1.54, 1.807) is 18.6 Å². The summed E-state index contributed by atoms with van der Waals surface area (Å²) in [6.07, 6.45) is 1.49. The molecule has 0 aliphatic carbocycles. The molecular formula is C16H13N3O3S. The molecule has 3 aromatic rings. The third-order valence-corrected chi connectivity index (χ3v) is 3.98. The third-order valence-electron chi connectivity index (χ3n) is 3.09. The van der Waals surface area contributed by atoms with Gasteiger partial charge in [0.1, 0.15) is 16.5 Å². The molecule has 1 aromatic carbocycles. The molecule has 1 amide bonds. The Hall–Kier alpha value is -2.93. The first-order valence-electron chi connectivity index (χ1n) is 6.72. The van der Waals surface area contributed by atoms with Crippen molar-refractivity contribution in [1.29, 1.82) is 0 Å². The fraction of sp³-hybridized carbons (Fsp3) is 0.0625. The minimum Gasteiger partial charge on any atom is -0.504 e. The standard InChI is InChI=1S/C16H13N3O3S/c1-22-11-6-4-10(5-7-11)16-18-12(9-23-16)15(21)19-14-13(20)3-2-8-17-14/h2-9,20H,1H3,(H,17,19,21). The van der Waals surface area contributed by atoms with E-state index in [0.717, 1.165) is 16.3 Å². The number of pyridine rings is 1. The number of aromatic hydroxyl groups is 1. The molecule has 0 spiro atoms. The molecular weight excluding hydrogens is 314 g/mol. The summed E-state index contributed by atoms with van der Waals surface area (Å²) in [4.78, 5) is 20.4. The highest BCUT2D eigenvalue weighted by molar-refractivity contribution is 7.13. The van der Waals surface area contributed by atoms with Crippen molar-refractivity contribution < 1.29 is 14.6 Å². The van der Waals surface area contributed by atoms with Crippen LogP contribution < -0.4 is 10.1 Å². The van der Waals surface area contributed by atoms with Gasteiger partial charge in [-0.15, -0.1) is 11.3 Å². The van der Waals surface area contributed by atoms with Crippen LogP contribution in [0, 0.1) is 0 Å². The number of nitrogens with one attached hydrogen (secondary N) is 1. The molecule has 0 bridgehead atoms. The van der Waals surface area contributed by atoms with E-state index >= 15 is 0 Å². The second-order valence-electron chi connectivity index (χ2n) is 4.59. The predicted molar refractivity (Wildman–Crippen MR) is 88.0 cm³/mol. The highest BCUT2D eigenvalue weighted by atomic mass is 32.1. The third kappa shape index (κ3) is 3.29. The van der Waals surface area contributed by atoms with E-state index in [-0.39, 0.29) is 17.3 Å². The van der Waals surface area contributed by atoms with Crippen LogP contribution in [0.5, 0.6) is 11.5 Å². The molecule has 0 radical (unpaired) electrons. The van der Waals surface area contributed by atoms with Crippen LogP contribution in [-0.2, 0) is 0 Å². The highest BCUT2D eigenvalue weighted by Crippen LogP contribution is 2.26. The zero-order valence-corrected chi connectivity index (χ0v) is 13.0. The van der Waals surface area contributed by atoms with Gasteiger partial charge in [0.25, 0.3) is 5.91 Å². The summed E-state index contributed by atoms with van der Waals surface area (Å²) < 4.78 is 5.11. The van der Waals surface area contributed by atoms with Gasteiger partial charge in [0.15, 0.2) is 11.6 Å². The fourth-order valence-corrected chi connectivity index (χ4v) is 2.72. The Kier molecular flexibility index (Phi) is 4.20. The van der Waals surface area contributed by atoms with E-state index in [0.29, 0.717) is 0 Å². The Balaban J connectivity index is 1.78. The SMILES string of the molecule is COc1ccc(-c2nc(C(=O)Nc3ncccc3O)cs2)cc1. The molecule has 6 nitrogen and oxygen atoms in total. The van der Waals surface area contributed by atoms with Crippen LogP contribution >= 0.6 is 11.3 Å². The second kappa shape index (κ2) is 6.45. The van der Waals surface area contributed by atoms with Crippen molar-refractivity contribution in [2.24, 2.45) is 0 Å². The molecule has 116 valence electrons. The summed E-state index contributed by atoms with van der Waals surface area (Å²) in [5.74, 6) is 0.354. The number of benzene rings is 1. The Morgan fingerprint density at radius 1 is 1.26 bits per heavy atom. The Bertz CT molecular complexity index is 831. The van der Waals surface area contributed by atoms with E-state index in [2.05, 4.69) is 15.3 Å². The lowest BCUT2D eigenvalue weighted by Gasteiger charge is -2.03. The molecule has 0 atom stereocenters. The molecule has 23 heavy (non-hydrogen) atoms. The van der Waals surface area contributed by atoms with E-state index in [9.17, 15) is 9.90 Å². The van der Waals surface area contributed by atoms with Gasteiger partial charge in [-0.25, -0.2) is 9.97 Å². The topological polar surface area (TPSA) is 84.3 Å². The van der Waals surface area contributed by atoms with Gasteiger partial charge in [0, 0.05) is 17.1 Å². The molecule has 0 fully saturated rings. The zero-order chi connectivity index (χ0) is 16.2. The summed E-state index contributed by atoms with van der Waals surface area (Å²) in [5.41, 5.74) is 1.17. The van der Waals surface area contributed by atoms with Crippen LogP contribution in [0.1, 0.15) is 10.5 Å². The Labute approximate surface area is 136 Å². The van der Waals surface area contributed by atoms with Crippen LogP contribution in [0.3, 0.4) is 0 Å². The molecule has 2 heterocycles. The first kappa shape index (κ1) is 15.0. The first-order chi connectivity index (χ1) is 11.2. The van der Waals surface area contributed by atoms with Gasteiger partial charge < -0.3 is 15.2 Å². The van der Waals surface area contributed by atoms with Crippen molar-refractivity contribution in [1.82, 2.24) is 9.97 Å².